The molecule has 6 heteroatoms. The average Bonchev–Trinajstić information content (AvgIpc) is 2.03. The van der Waals surface area contributed by atoms with Crippen molar-refractivity contribution in [1.29, 1.82) is 0 Å². The third-order valence-corrected chi connectivity index (χ3v) is 2.34. The summed E-state index contributed by atoms with van der Waals surface area (Å²) in [4.78, 5) is -0.111. The van der Waals surface area contributed by atoms with Gasteiger partial charge in [-0.15, -0.1) is 0 Å². The van der Waals surface area contributed by atoms with Gasteiger partial charge in [-0.1, -0.05) is 30.9 Å². The van der Waals surface area contributed by atoms with Crippen LogP contribution < -0.4 is 29.6 Å². The van der Waals surface area contributed by atoms with E-state index in [-0.39, 0.29) is 41.4 Å². The Kier molecular flexibility index (Phi) is 7.37. The monoisotopic (exact) mass is 226 g/mol. The predicted octanol–water partition coefficient (Wildman–Crippen LogP) is -2.13. The van der Waals surface area contributed by atoms with Crippen LogP contribution in [0.15, 0.2) is 35.7 Å². The smallest absolute Gasteiger partial charge is 1.00 e. The Morgan fingerprint density at radius 1 is 1.36 bits per heavy atom. The molecule has 0 radical (unpaired) electrons. The van der Waals surface area contributed by atoms with Crippen molar-refractivity contribution >= 4 is 16.2 Å². The van der Waals surface area contributed by atoms with E-state index in [1.54, 1.807) is 12.1 Å². The molecule has 0 atom stereocenters. The fraction of sp³-hybridized carbons (Fsp3) is 0. The zero-order valence-corrected chi connectivity index (χ0v) is 10.6. The Hall–Kier alpha value is -0.170. The summed E-state index contributed by atoms with van der Waals surface area (Å²) < 4.78 is 30.2. The zero-order chi connectivity index (χ0) is 9.19. The van der Waals surface area contributed by atoms with Crippen LogP contribution in [0.1, 0.15) is 6.99 Å². The minimum Gasteiger partial charge on any atom is -1.00 e. The van der Waals surface area contributed by atoms with E-state index in [2.05, 4.69) is 6.58 Å². The van der Waals surface area contributed by atoms with Crippen LogP contribution in [-0.2, 0) is 10.1 Å². The molecule has 0 unspecified atom stereocenters. The van der Waals surface area contributed by atoms with E-state index in [1.807, 2.05) is 0 Å². The second-order valence-electron chi connectivity index (χ2n) is 2.22. The SMILES string of the molecule is C=Cc1ccccc1S(=O)(=O)O.O.[H-].[Na+]. The molecule has 1 aromatic rings. The van der Waals surface area contributed by atoms with Crippen LogP contribution in [0.2, 0.25) is 0 Å². The molecular weight excluding hydrogens is 215 g/mol. The molecule has 0 bridgehead atoms. The summed E-state index contributed by atoms with van der Waals surface area (Å²) in [5.74, 6) is 0. The van der Waals surface area contributed by atoms with Gasteiger partial charge >= 0.3 is 29.6 Å². The number of hydrogen-bond acceptors (Lipinski definition) is 2. The van der Waals surface area contributed by atoms with Crippen molar-refractivity contribution < 1.29 is 49.4 Å². The molecule has 4 nitrogen and oxygen atoms in total. The van der Waals surface area contributed by atoms with Gasteiger partial charge in [0, 0.05) is 0 Å². The molecule has 3 N–H and O–H groups in total. The Morgan fingerprint density at radius 3 is 2.21 bits per heavy atom. The molecule has 74 valence electrons. The van der Waals surface area contributed by atoms with Gasteiger partial charge in [-0.05, 0) is 11.6 Å². The van der Waals surface area contributed by atoms with Crippen LogP contribution in [0.3, 0.4) is 0 Å². The fourth-order valence-electron chi connectivity index (χ4n) is 0.884. The van der Waals surface area contributed by atoms with Gasteiger partial charge in [0.2, 0.25) is 0 Å². The van der Waals surface area contributed by atoms with Gasteiger partial charge in [-0.2, -0.15) is 8.42 Å². The van der Waals surface area contributed by atoms with E-state index in [1.165, 1.54) is 18.2 Å². The largest absolute Gasteiger partial charge is 1.00 e. The normalized spacial score (nSPS) is 9.50. The molecule has 0 saturated heterocycles. The number of hydrogen-bond donors (Lipinski definition) is 1. The Labute approximate surface area is 106 Å². The van der Waals surface area contributed by atoms with E-state index in [9.17, 15) is 8.42 Å². The summed E-state index contributed by atoms with van der Waals surface area (Å²) in [5, 5.41) is 0. The molecule has 0 heterocycles. The van der Waals surface area contributed by atoms with E-state index < -0.39 is 10.1 Å². The summed E-state index contributed by atoms with van der Waals surface area (Å²) >= 11 is 0. The second kappa shape index (κ2) is 6.34. The first-order valence-electron chi connectivity index (χ1n) is 3.24. The van der Waals surface area contributed by atoms with Crippen LogP contribution in [-0.4, -0.2) is 18.4 Å². The molecule has 0 amide bonds. The first-order valence-corrected chi connectivity index (χ1v) is 4.68. The zero-order valence-electron chi connectivity index (χ0n) is 8.77. The maximum absolute atomic E-state index is 10.7. The van der Waals surface area contributed by atoms with Crippen molar-refractivity contribution in [2.75, 3.05) is 0 Å². The summed E-state index contributed by atoms with van der Waals surface area (Å²) in [6.45, 7) is 3.43. The third kappa shape index (κ3) is 3.91. The summed E-state index contributed by atoms with van der Waals surface area (Å²) in [5.41, 5.74) is 0.403. The van der Waals surface area contributed by atoms with Crippen molar-refractivity contribution in [2.24, 2.45) is 0 Å². The van der Waals surface area contributed by atoms with E-state index in [0.29, 0.717) is 5.56 Å². The number of benzene rings is 1. The van der Waals surface area contributed by atoms with Gasteiger partial charge in [0.25, 0.3) is 10.1 Å². The van der Waals surface area contributed by atoms with Gasteiger partial charge in [-0.3, -0.25) is 4.55 Å². The summed E-state index contributed by atoms with van der Waals surface area (Å²) in [6.07, 6.45) is 1.38. The van der Waals surface area contributed by atoms with Gasteiger partial charge < -0.3 is 6.90 Å². The van der Waals surface area contributed by atoms with E-state index >= 15 is 0 Å². The second-order valence-corrected chi connectivity index (χ2v) is 3.61. The Balaban J connectivity index is -0.000000480. The molecule has 0 spiro atoms. The van der Waals surface area contributed by atoms with E-state index in [0.717, 1.165) is 0 Å². The molecule has 0 aromatic heterocycles. The first-order chi connectivity index (χ1) is 5.55. The van der Waals surface area contributed by atoms with Gasteiger partial charge in [0.1, 0.15) is 4.90 Å². The van der Waals surface area contributed by atoms with E-state index in [4.69, 9.17) is 4.55 Å². The van der Waals surface area contributed by atoms with Crippen molar-refractivity contribution in [3.8, 4) is 0 Å². The van der Waals surface area contributed by atoms with Gasteiger partial charge in [-0.25, -0.2) is 0 Å². The van der Waals surface area contributed by atoms with Crippen LogP contribution in [0, 0.1) is 0 Å². The third-order valence-electron chi connectivity index (χ3n) is 1.42. The molecule has 1 rings (SSSR count). The molecule has 0 aliphatic rings. The minimum absolute atomic E-state index is 0. The fourth-order valence-corrected chi connectivity index (χ4v) is 1.58. The molecule has 0 saturated carbocycles. The van der Waals surface area contributed by atoms with Crippen LogP contribution in [0.25, 0.3) is 6.08 Å². The number of rotatable bonds is 2. The topological polar surface area (TPSA) is 85.9 Å². The molecule has 14 heavy (non-hydrogen) atoms. The average molecular weight is 226 g/mol. The predicted molar refractivity (Wildman–Crippen MR) is 51.1 cm³/mol. The van der Waals surface area contributed by atoms with Crippen molar-refractivity contribution in [3.05, 3.63) is 36.4 Å². The first kappa shape index (κ1) is 16.3. The molecule has 1 aromatic carbocycles. The Bertz CT molecular complexity index is 405. The van der Waals surface area contributed by atoms with Gasteiger partial charge in [0.15, 0.2) is 0 Å². The standard InChI is InChI=1S/C8H8O3S.Na.H2O.H/c1-2-7-5-3-4-6-8(7)12(9,10)11;;;/h2-6H,1H2,(H,9,10,11);;1H2;/q;+1;;-1. The van der Waals surface area contributed by atoms with Crippen molar-refractivity contribution in [2.45, 2.75) is 4.90 Å². The molecule has 0 fully saturated rings. The molecule has 0 aliphatic carbocycles. The minimum atomic E-state index is -4.12. The maximum atomic E-state index is 10.7. The molecule has 0 aliphatic heterocycles. The van der Waals surface area contributed by atoms with Gasteiger partial charge in [0.05, 0.1) is 0 Å². The van der Waals surface area contributed by atoms with Crippen LogP contribution in [0.4, 0.5) is 0 Å². The Morgan fingerprint density at radius 2 is 1.86 bits per heavy atom. The summed E-state index contributed by atoms with van der Waals surface area (Å²) in [7, 11) is -4.12. The maximum Gasteiger partial charge on any atom is 1.00 e. The van der Waals surface area contributed by atoms with Crippen LogP contribution >= 0.6 is 0 Å². The molecular formula is C8H11NaO4S. The van der Waals surface area contributed by atoms with Crippen LogP contribution in [0.5, 0.6) is 0 Å². The van der Waals surface area contributed by atoms with Crippen molar-refractivity contribution in [3.63, 3.8) is 0 Å². The quantitative estimate of drug-likeness (QED) is 0.461. The van der Waals surface area contributed by atoms with Crippen molar-refractivity contribution in [1.82, 2.24) is 0 Å². The summed E-state index contributed by atoms with van der Waals surface area (Å²) in [6, 6.07) is 6.10.